The molecule has 66 valence electrons. The van der Waals surface area contributed by atoms with Crippen molar-refractivity contribution in [3.63, 3.8) is 0 Å². The zero-order valence-electron chi connectivity index (χ0n) is 6.80. The fourth-order valence-electron chi connectivity index (χ4n) is 0.866. The molecule has 0 spiro atoms. The number of nitrogens with zero attached hydrogens (tertiary/aromatic N) is 4. The van der Waals surface area contributed by atoms with E-state index >= 15 is 0 Å². The number of carboxylic acids is 1. The SMILES string of the molecule is Cc1cc(N=[N+]=[N-])ncc1C(=O)O. The first-order chi connectivity index (χ1) is 6.15. The molecule has 13 heavy (non-hydrogen) atoms. The molecule has 6 nitrogen and oxygen atoms in total. The monoisotopic (exact) mass is 178 g/mol. The predicted octanol–water partition coefficient (Wildman–Crippen LogP) is 2.03. The molecule has 0 aliphatic rings. The van der Waals surface area contributed by atoms with E-state index in [9.17, 15) is 4.79 Å². The van der Waals surface area contributed by atoms with E-state index in [0.29, 0.717) is 5.56 Å². The molecule has 1 N–H and O–H groups in total. The van der Waals surface area contributed by atoms with Gasteiger partial charge in [-0.2, -0.15) is 0 Å². The Morgan fingerprint density at radius 1 is 1.77 bits per heavy atom. The Balaban J connectivity index is 3.19. The largest absolute Gasteiger partial charge is 0.478 e. The summed E-state index contributed by atoms with van der Waals surface area (Å²) in [5, 5.41) is 11.9. The van der Waals surface area contributed by atoms with Gasteiger partial charge in [-0.25, -0.2) is 4.79 Å². The van der Waals surface area contributed by atoms with Gasteiger partial charge in [-0.3, -0.25) is 4.98 Å². The zero-order valence-corrected chi connectivity index (χ0v) is 6.80. The molecule has 0 aromatic carbocycles. The molecule has 1 aromatic heterocycles. The fourth-order valence-corrected chi connectivity index (χ4v) is 0.866. The number of rotatable bonds is 2. The maximum atomic E-state index is 10.5. The quantitative estimate of drug-likeness (QED) is 0.426. The number of hydrogen-bond donors (Lipinski definition) is 1. The maximum absolute atomic E-state index is 10.5. The number of azide groups is 1. The van der Waals surface area contributed by atoms with Gasteiger partial charge < -0.3 is 5.11 Å². The highest BCUT2D eigenvalue weighted by atomic mass is 16.4. The van der Waals surface area contributed by atoms with Crippen LogP contribution in [0.15, 0.2) is 17.4 Å². The van der Waals surface area contributed by atoms with Crippen molar-refractivity contribution in [1.29, 1.82) is 0 Å². The lowest BCUT2D eigenvalue weighted by molar-refractivity contribution is 0.0695. The third kappa shape index (κ3) is 1.94. The van der Waals surface area contributed by atoms with Crippen LogP contribution >= 0.6 is 0 Å². The minimum Gasteiger partial charge on any atom is -0.478 e. The number of hydrogen-bond acceptors (Lipinski definition) is 3. The van der Waals surface area contributed by atoms with E-state index in [1.165, 1.54) is 12.3 Å². The summed E-state index contributed by atoms with van der Waals surface area (Å²) in [7, 11) is 0. The Morgan fingerprint density at radius 3 is 2.92 bits per heavy atom. The van der Waals surface area contributed by atoms with Crippen LogP contribution in [0.25, 0.3) is 10.4 Å². The van der Waals surface area contributed by atoms with Crippen LogP contribution in [0.4, 0.5) is 5.82 Å². The normalized spacial score (nSPS) is 9.00. The molecular formula is C7H6N4O2. The van der Waals surface area contributed by atoms with Crippen LogP contribution in [-0.4, -0.2) is 16.1 Å². The van der Waals surface area contributed by atoms with E-state index in [1.807, 2.05) is 0 Å². The summed E-state index contributed by atoms with van der Waals surface area (Å²) < 4.78 is 0. The Morgan fingerprint density at radius 2 is 2.46 bits per heavy atom. The molecule has 0 saturated carbocycles. The third-order valence-corrected chi connectivity index (χ3v) is 1.47. The highest BCUT2D eigenvalue weighted by molar-refractivity contribution is 5.89. The summed E-state index contributed by atoms with van der Waals surface area (Å²) in [6.07, 6.45) is 1.17. The zero-order chi connectivity index (χ0) is 9.84. The van der Waals surface area contributed by atoms with Crippen molar-refractivity contribution in [3.05, 3.63) is 33.8 Å². The highest BCUT2D eigenvalue weighted by Gasteiger charge is 2.06. The van der Waals surface area contributed by atoms with Gasteiger partial charge in [0.05, 0.1) is 5.56 Å². The number of aromatic nitrogens is 1. The van der Waals surface area contributed by atoms with Gasteiger partial charge in [0, 0.05) is 11.1 Å². The molecule has 0 amide bonds. The molecule has 0 fully saturated rings. The minimum atomic E-state index is -1.04. The summed E-state index contributed by atoms with van der Waals surface area (Å²) >= 11 is 0. The molecule has 0 aliphatic carbocycles. The van der Waals surface area contributed by atoms with Crippen molar-refractivity contribution < 1.29 is 9.90 Å². The standard InChI is InChI=1S/C7H6N4O2/c1-4-2-6(10-11-8)9-3-5(4)7(12)13/h2-3H,1H3,(H,12,13). The van der Waals surface area contributed by atoms with Gasteiger partial charge in [0.25, 0.3) is 0 Å². The first-order valence-electron chi connectivity index (χ1n) is 3.40. The van der Waals surface area contributed by atoms with Gasteiger partial charge in [-0.1, -0.05) is 0 Å². The van der Waals surface area contributed by atoms with E-state index in [1.54, 1.807) is 6.92 Å². The lowest BCUT2D eigenvalue weighted by Crippen LogP contribution is -1.99. The second-order valence-electron chi connectivity index (χ2n) is 2.35. The van der Waals surface area contributed by atoms with Gasteiger partial charge in [0.2, 0.25) is 0 Å². The van der Waals surface area contributed by atoms with Crippen LogP contribution in [0.5, 0.6) is 0 Å². The van der Waals surface area contributed by atoms with Crippen molar-refractivity contribution in [2.24, 2.45) is 5.11 Å². The van der Waals surface area contributed by atoms with Gasteiger partial charge in [-0.05, 0) is 29.2 Å². The molecular weight excluding hydrogens is 172 g/mol. The second kappa shape index (κ2) is 3.55. The van der Waals surface area contributed by atoms with Crippen molar-refractivity contribution in [1.82, 2.24) is 4.98 Å². The average molecular weight is 178 g/mol. The van der Waals surface area contributed by atoms with Crippen LogP contribution in [0.3, 0.4) is 0 Å². The van der Waals surface area contributed by atoms with Crippen LogP contribution < -0.4 is 0 Å². The first-order valence-corrected chi connectivity index (χ1v) is 3.40. The van der Waals surface area contributed by atoms with Crippen LogP contribution in [-0.2, 0) is 0 Å². The van der Waals surface area contributed by atoms with Gasteiger partial charge >= 0.3 is 5.97 Å². The number of pyridine rings is 1. The van der Waals surface area contributed by atoms with Crippen molar-refractivity contribution >= 4 is 11.8 Å². The molecule has 0 radical (unpaired) electrons. The fraction of sp³-hybridized carbons (Fsp3) is 0.143. The Kier molecular flexibility index (Phi) is 2.47. The second-order valence-corrected chi connectivity index (χ2v) is 2.35. The Hall–Kier alpha value is -2.07. The van der Waals surface area contributed by atoms with Gasteiger partial charge in [0.15, 0.2) is 0 Å². The Labute approximate surface area is 73.5 Å². The van der Waals surface area contributed by atoms with E-state index in [2.05, 4.69) is 15.0 Å². The van der Waals surface area contributed by atoms with Gasteiger partial charge in [0.1, 0.15) is 5.82 Å². The van der Waals surface area contributed by atoms with Crippen LogP contribution in [0, 0.1) is 6.92 Å². The maximum Gasteiger partial charge on any atom is 0.337 e. The van der Waals surface area contributed by atoms with Crippen molar-refractivity contribution in [2.45, 2.75) is 6.92 Å². The molecule has 0 aliphatic heterocycles. The van der Waals surface area contributed by atoms with Crippen molar-refractivity contribution in [3.8, 4) is 0 Å². The van der Waals surface area contributed by atoms with Crippen molar-refractivity contribution in [2.75, 3.05) is 0 Å². The molecule has 0 unspecified atom stereocenters. The average Bonchev–Trinajstić information content (AvgIpc) is 2.04. The van der Waals surface area contributed by atoms with Crippen LogP contribution in [0.2, 0.25) is 0 Å². The lowest BCUT2D eigenvalue weighted by atomic mass is 10.1. The lowest BCUT2D eigenvalue weighted by Gasteiger charge is -1.99. The van der Waals surface area contributed by atoms with E-state index < -0.39 is 5.97 Å². The molecule has 1 aromatic rings. The molecule has 0 bridgehead atoms. The predicted molar refractivity (Wildman–Crippen MR) is 44.7 cm³/mol. The van der Waals surface area contributed by atoms with E-state index in [-0.39, 0.29) is 11.4 Å². The summed E-state index contributed by atoms with van der Waals surface area (Å²) in [5.74, 6) is -0.873. The van der Waals surface area contributed by atoms with Crippen LogP contribution in [0.1, 0.15) is 15.9 Å². The van der Waals surface area contributed by atoms with E-state index in [4.69, 9.17) is 10.6 Å². The first kappa shape index (κ1) is 9.02. The number of carbonyl (C=O) groups is 1. The highest BCUT2D eigenvalue weighted by Crippen LogP contribution is 2.13. The summed E-state index contributed by atoms with van der Waals surface area (Å²) in [5.41, 5.74) is 8.72. The molecule has 0 atom stereocenters. The summed E-state index contributed by atoms with van der Waals surface area (Å²) in [4.78, 5) is 16.7. The third-order valence-electron chi connectivity index (χ3n) is 1.47. The number of carboxylic acid groups (broad SMARTS) is 1. The summed E-state index contributed by atoms with van der Waals surface area (Å²) in [6.45, 7) is 1.61. The topological polar surface area (TPSA) is 99.0 Å². The number of aryl methyl sites for hydroxylation is 1. The molecule has 1 rings (SSSR count). The molecule has 6 heteroatoms. The Bertz CT molecular complexity index is 395. The minimum absolute atomic E-state index is 0.108. The van der Waals surface area contributed by atoms with E-state index in [0.717, 1.165) is 0 Å². The number of aromatic carboxylic acids is 1. The summed E-state index contributed by atoms with van der Waals surface area (Å²) in [6, 6.07) is 1.42. The molecule has 1 heterocycles. The van der Waals surface area contributed by atoms with Gasteiger partial charge in [-0.15, -0.1) is 0 Å². The smallest absolute Gasteiger partial charge is 0.337 e. The molecule has 0 saturated heterocycles.